The lowest BCUT2D eigenvalue weighted by Crippen LogP contribution is -2.37. The standard InChI is InChI=1S/C12H22N2O2S3/c1-11(2,3)13-18(15)9-7-8-10(17-9)19(16)14-12(4,5)6/h7-8,13-14H,1-6H3/t18-,19-/m0/s1. The lowest BCUT2D eigenvalue weighted by atomic mass is 10.1. The molecule has 0 amide bonds. The van der Waals surface area contributed by atoms with Crippen molar-refractivity contribution in [3.63, 3.8) is 0 Å². The van der Waals surface area contributed by atoms with Gasteiger partial charge >= 0.3 is 0 Å². The molecule has 0 unspecified atom stereocenters. The minimum Gasteiger partial charge on any atom is -0.237 e. The fourth-order valence-corrected chi connectivity index (χ4v) is 4.88. The van der Waals surface area contributed by atoms with Gasteiger partial charge in [0.05, 0.1) is 0 Å². The molecule has 2 atom stereocenters. The average Bonchev–Trinajstić information content (AvgIpc) is 2.60. The van der Waals surface area contributed by atoms with Gasteiger partial charge in [-0.15, -0.1) is 11.3 Å². The molecule has 0 aromatic carbocycles. The van der Waals surface area contributed by atoms with Crippen molar-refractivity contribution in [2.45, 2.75) is 61.0 Å². The number of rotatable bonds is 4. The van der Waals surface area contributed by atoms with Gasteiger partial charge in [0.15, 0.2) is 0 Å². The molecule has 4 nitrogen and oxygen atoms in total. The Labute approximate surface area is 124 Å². The summed E-state index contributed by atoms with van der Waals surface area (Å²) in [6.45, 7) is 11.7. The van der Waals surface area contributed by atoms with Crippen molar-refractivity contribution in [1.29, 1.82) is 0 Å². The Morgan fingerprint density at radius 1 is 0.842 bits per heavy atom. The highest BCUT2D eigenvalue weighted by atomic mass is 32.2. The summed E-state index contributed by atoms with van der Waals surface area (Å²) in [6.07, 6.45) is 0. The van der Waals surface area contributed by atoms with Crippen LogP contribution in [0.1, 0.15) is 41.5 Å². The normalized spacial score (nSPS) is 16.3. The molecule has 0 aliphatic heterocycles. The van der Waals surface area contributed by atoms with Crippen LogP contribution in [0.5, 0.6) is 0 Å². The molecule has 0 aliphatic rings. The van der Waals surface area contributed by atoms with E-state index in [2.05, 4.69) is 9.44 Å². The maximum atomic E-state index is 12.1. The Morgan fingerprint density at radius 2 is 1.16 bits per heavy atom. The van der Waals surface area contributed by atoms with Crippen molar-refractivity contribution in [3.8, 4) is 0 Å². The first-order chi connectivity index (χ1) is 8.48. The molecule has 0 fully saturated rings. The zero-order valence-electron chi connectivity index (χ0n) is 12.2. The first-order valence-electron chi connectivity index (χ1n) is 5.97. The minimum atomic E-state index is -1.27. The van der Waals surface area contributed by atoms with E-state index in [9.17, 15) is 8.42 Å². The van der Waals surface area contributed by atoms with Gasteiger partial charge in [0.25, 0.3) is 0 Å². The van der Waals surface area contributed by atoms with Gasteiger partial charge in [-0.3, -0.25) is 0 Å². The molecule has 0 saturated carbocycles. The Balaban J connectivity index is 2.77. The SMILES string of the molecule is CC(C)(C)N[S@@](=O)c1ccc([S@](=O)NC(C)(C)C)s1. The maximum Gasteiger partial charge on any atom is 0.135 e. The second kappa shape index (κ2) is 6.13. The van der Waals surface area contributed by atoms with Crippen LogP contribution in [0.2, 0.25) is 0 Å². The second-order valence-electron chi connectivity index (χ2n) is 6.32. The maximum absolute atomic E-state index is 12.1. The molecule has 2 N–H and O–H groups in total. The molecule has 110 valence electrons. The van der Waals surface area contributed by atoms with E-state index in [1.165, 1.54) is 11.3 Å². The zero-order chi connectivity index (χ0) is 14.8. The van der Waals surface area contributed by atoms with Crippen LogP contribution in [0.25, 0.3) is 0 Å². The molecule has 1 rings (SSSR count). The molecular formula is C12H22N2O2S3. The Morgan fingerprint density at radius 3 is 1.42 bits per heavy atom. The topological polar surface area (TPSA) is 58.2 Å². The summed E-state index contributed by atoms with van der Waals surface area (Å²) >= 11 is 1.31. The van der Waals surface area contributed by atoms with Crippen molar-refractivity contribution in [3.05, 3.63) is 12.1 Å². The summed E-state index contributed by atoms with van der Waals surface area (Å²) in [5, 5.41) is 0. The van der Waals surface area contributed by atoms with Crippen LogP contribution in [-0.4, -0.2) is 19.5 Å². The minimum absolute atomic E-state index is 0.224. The van der Waals surface area contributed by atoms with E-state index in [1.807, 2.05) is 41.5 Å². The lowest BCUT2D eigenvalue weighted by Gasteiger charge is -2.19. The van der Waals surface area contributed by atoms with E-state index in [-0.39, 0.29) is 11.1 Å². The molecule has 0 bridgehead atoms. The molecule has 0 spiro atoms. The van der Waals surface area contributed by atoms with Gasteiger partial charge in [0.2, 0.25) is 0 Å². The van der Waals surface area contributed by atoms with Crippen LogP contribution in [0.15, 0.2) is 20.6 Å². The smallest absolute Gasteiger partial charge is 0.135 e. The molecule has 1 aromatic heterocycles. The molecule has 1 aromatic rings. The number of thiophene rings is 1. The highest BCUT2D eigenvalue weighted by Crippen LogP contribution is 2.23. The van der Waals surface area contributed by atoms with Crippen molar-refractivity contribution in [1.82, 2.24) is 9.44 Å². The van der Waals surface area contributed by atoms with E-state index in [0.717, 1.165) is 0 Å². The van der Waals surface area contributed by atoms with Crippen LogP contribution in [-0.2, 0) is 22.0 Å². The number of hydrogen-bond donors (Lipinski definition) is 2. The quantitative estimate of drug-likeness (QED) is 0.895. The third kappa shape index (κ3) is 6.27. The summed E-state index contributed by atoms with van der Waals surface area (Å²) < 4.78 is 31.5. The summed E-state index contributed by atoms with van der Waals surface area (Å²) in [5.74, 6) is 0. The fraction of sp³-hybridized carbons (Fsp3) is 0.667. The molecule has 0 aliphatic carbocycles. The van der Waals surface area contributed by atoms with Crippen molar-refractivity contribution < 1.29 is 8.42 Å². The van der Waals surface area contributed by atoms with Crippen LogP contribution >= 0.6 is 11.3 Å². The Kier molecular flexibility index (Phi) is 5.48. The average molecular weight is 323 g/mol. The third-order valence-electron chi connectivity index (χ3n) is 1.72. The molecule has 0 radical (unpaired) electrons. The van der Waals surface area contributed by atoms with Gasteiger partial charge in [0, 0.05) is 11.1 Å². The monoisotopic (exact) mass is 322 g/mol. The van der Waals surface area contributed by atoms with Crippen LogP contribution in [0, 0.1) is 0 Å². The van der Waals surface area contributed by atoms with Crippen molar-refractivity contribution in [2.24, 2.45) is 0 Å². The Bertz CT molecular complexity index is 441. The van der Waals surface area contributed by atoms with Crippen LogP contribution in [0.3, 0.4) is 0 Å². The summed E-state index contributed by atoms with van der Waals surface area (Å²) in [5.41, 5.74) is -0.449. The third-order valence-corrected chi connectivity index (χ3v) is 6.40. The first-order valence-corrected chi connectivity index (χ1v) is 9.08. The Hall–Kier alpha value is -0.0800. The molecule has 0 saturated heterocycles. The summed E-state index contributed by atoms with van der Waals surface area (Å²) in [4.78, 5) is 0. The molecule has 1 heterocycles. The van der Waals surface area contributed by atoms with Crippen LogP contribution < -0.4 is 9.44 Å². The summed E-state index contributed by atoms with van der Waals surface area (Å²) in [6, 6.07) is 3.52. The largest absolute Gasteiger partial charge is 0.237 e. The van der Waals surface area contributed by atoms with E-state index < -0.39 is 22.0 Å². The first kappa shape index (κ1) is 17.0. The van der Waals surface area contributed by atoms with Gasteiger partial charge < -0.3 is 0 Å². The molecular weight excluding hydrogens is 300 g/mol. The molecule has 19 heavy (non-hydrogen) atoms. The highest BCUT2D eigenvalue weighted by molar-refractivity contribution is 7.88. The van der Waals surface area contributed by atoms with Gasteiger partial charge in [0.1, 0.15) is 30.4 Å². The van der Waals surface area contributed by atoms with E-state index in [0.29, 0.717) is 8.42 Å². The van der Waals surface area contributed by atoms with Crippen LogP contribution in [0.4, 0.5) is 0 Å². The zero-order valence-corrected chi connectivity index (χ0v) is 14.6. The number of nitrogens with one attached hydrogen (secondary N) is 2. The van der Waals surface area contributed by atoms with Gasteiger partial charge in [-0.05, 0) is 53.7 Å². The van der Waals surface area contributed by atoms with E-state index in [4.69, 9.17) is 0 Å². The van der Waals surface area contributed by atoms with Gasteiger partial charge in [-0.1, -0.05) is 0 Å². The van der Waals surface area contributed by atoms with Crippen molar-refractivity contribution >= 4 is 33.3 Å². The summed E-state index contributed by atoms with van der Waals surface area (Å²) in [7, 11) is -2.53. The fourth-order valence-electron chi connectivity index (χ4n) is 1.16. The van der Waals surface area contributed by atoms with Gasteiger partial charge in [-0.25, -0.2) is 17.9 Å². The highest BCUT2D eigenvalue weighted by Gasteiger charge is 2.19. The van der Waals surface area contributed by atoms with Crippen molar-refractivity contribution in [2.75, 3.05) is 0 Å². The van der Waals surface area contributed by atoms with Gasteiger partial charge in [-0.2, -0.15) is 0 Å². The van der Waals surface area contributed by atoms with E-state index in [1.54, 1.807) is 12.1 Å². The predicted molar refractivity (Wildman–Crippen MR) is 82.9 cm³/mol. The second-order valence-corrected chi connectivity index (χ2v) is 10.3. The lowest BCUT2D eigenvalue weighted by molar-refractivity contribution is 0.519. The number of hydrogen-bond acceptors (Lipinski definition) is 3. The molecule has 7 heteroatoms. The predicted octanol–water partition coefficient (Wildman–Crippen LogP) is 2.57. The van der Waals surface area contributed by atoms with E-state index >= 15 is 0 Å².